The Morgan fingerprint density at radius 2 is 2.07 bits per heavy atom. The molecule has 1 unspecified atom stereocenters. The molecule has 1 aromatic heterocycles. The van der Waals surface area contributed by atoms with Crippen molar-refractivity contribution in [2.24, 2.45) is 0 Å². The summed E-state index contributed by atoms with van der Waals surface area (Å²) in [7, 11) is 0. The molecule has 0 spiro atoms. The highest BCUT2D eigenvalue weighted by molar-refractivity contribution is 7.08. The van der Waals surface area contributed by atoms with Gasteiger partial charge in [-0.25, -0.2) is 4.39 Å². The smallest absolute Gasteiger partial charge is 0.137 e. The van der Waals surface area contributed by atoms with Crippen molar-refractivity contribution in [2.75, 3.05) is 0 Å². The lowest BCUT2D eigenvalue weighted by molar-refractivity contribution is 0.548. The number of halogens is 1. The monoisotopic (exact) mass is 214 g/mol. The van der Waals surface area contributed by atoms with Crippen LogP contribution in [-0.4, -0.2) is 0 Å². The lowest BCUT2D eigenvalue weighted by atomic mass is 9.97. The summed E-state index contributed by atoms with van der Waals surface area (Å²) in [6, 6.07) is 0. The first kappa shape index (κ1) is 11.7. The quantitative estimate of drug-likeness (QED) is 0.587. The zero-order valence-electron chi connectivity index (χ0n) is 9.05. The maximum absolute atomic E-state index is 13.2. The molecule has 0 nitrogen and oxygen atoms in total. The molecule has 0 amide bonds. The Balaban J connectivity index is 2.28. The summed E-state index contributed by atoms with van der Waals surface area (Å²) < 4.78 is 13.2. The van der Waals surface area contributed by atoms with Crippen molar-refractivity contribution in [1.29, 1.82) is 0 Å². The molecule has 0 fully saturated rings. The summed E-state index contributed by atoms with van der Waals surface area (Å²) in [4.78, 5) is 0. The second-order valence-electron chi connectivity index (χ2n) is 3.93. The largest absolute Gasteiger partial charge is 0.206 e. The van der Waals surface area contributed by atoms with E-state index in [1.165, 1.54) is 37.0 Å². The van der Waals surface area contributed by atoms with E-state index < -0.39 is 0 Å². The summed E-state index contributed by atoms with van der Waals surface area (Å²) in [5.74, 6) is 0.371. The van der Waals surface area contributed by atoms with E-state index >= 15 is 0 Å². The van der Waals surface area contributed by atoms with Gasteiger partial charge in [0.2, 0.25) is 0 Å². The van der Waals surface area contributed by atoms with Crippen molar-refractivity contribution in [3.63, 3.8) is 0 Å². The molecule has 14 heavy (non-hydrogen) atoms. The SMILES string of the molecule is CCCCCCC(C)c1cscc1F. The fraction of sp³-hybridized carbons (Fsp3) is 0.667. The normalized spacial score (nSPS) is 13.1. The van der Waals surface area contributed by atoms with Gasteiger partial charge >= 0.3 is 0 Å². The maximum Gasteiger partial charge on any atom is 0.137 e. The van der Waals surface area contributed by atoms with Gasteiger partial charge in [0, 0.05) is 10.9 Å². The first-order valence-electron chi connectivity index (χ1n) is 5.47. The van der Waals surface area contributed by atoms with Crippen LogP contribution in [0.3, 0.4) is 0 Å². The van der Waals surface area contributed by atoms with Gasteiger partial charge < -0.3 is 0 Å². The Kier molecular flexibility index (Phi) is 5.16. The molecule has 2 heteroatoms. The highest BCUT2D eigenvalue weighted by Crippen LogP contribution is 2.26. The van der Waals surface area contributed by atoms with Crippen molar-refractivity contribution < 1.29 is 4.39 Å². The summed E-state index contributed by atoms with van der Waals surface area (Å²) in [6.45, 7) is 4.33. The van der Waals surface area contributed by atoms with E-state index in [9.17, 15) is 4.39 Å². The zero-order valence-corrected chi connectivity index (χ0v) is 9.87. The topological polar surface area (TPSA) is 0 Å². The number of thiophene rings is 1. The third-order valence-corrected chi connectivity index (χ3v) is 3.40. The second-order valence-corrected chi connectivity index (χ2v) is 4.67. The summed E-state index contributed by atoms with van der Waals surface area (Å²) in [5, 5.41) is 3.54. The predicted octanol–water partition coefficient (Wildman–Crippen LogP) is 4.96. The Morgan fingerprint density at radius 1 is 1.29 bits per heavy atom. The summed E-state index contributed by atoms with van der Waals surface area (Å²) in [5.41, 5.74) is 0.909. The van der Waals surface area contributed by atoms with Crippen LogP contribution < -0.4 is 0 Å². The molecule has 0 aromatic carbocycles. The molecule has 1 heterocycles. The van der Waals surface area contributed by atoms with Crippen molar-refractivity contribution in [2.45, 2.75) is 51.9 Å². The molecule has 0 saturated heterocycles. The van der Waals surface area contributed by atoms with Crippen LogP contribution in [0.15, 0.2) is 10.8 Å². The first-order chi connectivity index (χ1) is 6.75. The van der Waals surface area contributed by atoms with E-state index in [1.807, 2.05) is 5.38 Å². The van der Waals surface area contributed by atoms with Crippen LogP contribution in [0.5, 0.6) is 0 Å². The predicted molar refractivity (Wildman–Crippen MR) is 61.5 cm³/mol. The van der Waals surface area contributed by atoms with Crippen LogP contribution in [0.2, 0.25) is 0 Å². The minimum atomic E-state index is -0.0157. The Bertz CT molecular complexity index is 255. The van der Waals surface area contributed by atoms with E-state index in [4.69, 9.17) is 0 Å². The molecule has 0 aliphatic heterocycles. The van der Waals surface area contributed by atoms with Crippen LogP contribution in [0, 0.1) is 5.82 Å². The summed E-state index contributed by atoms with van der Waals surface area (Å²) >= 11 is 1.46. The maximum atomic E-state index is 13.2. The van der Waals surface area contributed by atoms with Gasteiger partial charge in [0.1, 0.15) is 5.82 Å². The molecular weight excluding hydrogens is 195 g/mol. The van der Waals surface area contributed by atoms with Crippen molar-refractivity contribution in [3.05, 3.63) is 22.1 Å². The molecule has 1 atom stereocenters. The molecule has 0 aliphatic rings. The van der Waals surface area contributed by atoms with Gasteiger partial charge in [-0.15, -0.1) is 11.3 Å². The fourth-order valence-corrected chi connectivity index (χ4v) is 2.49. The van der Waals surface area contributed by atoms with Gasteiger partial charge in [-0.3, -0.25) is 0 Å². The molecule has 0 saturated carbocycles. The van der Waals surface area contributed by atoms with Gasteiger partial charge in [-0.05, 0) is 17.7 Å². The van der Waals surface area contributed by atoms with E-state index in [0.717, 1.165) is 12.0 Å². The lowest BCUT2D eigenvalue weighted by Crippen LogP contribution is -1.94. The van der Waals surface area contributed by atoms with Gasteiger partial charge in [0.15, 0.2) is 0 Å². The van der Waals surface area contributed by atoms with Crippen molar-refractivity contribution in [3.8, 4) is 0 Å². The van der Waals surface area contributed by atoms with Gasteiger partial charge in [0.25, 0.3) is 0 Å². The standard InChI is InChI=1S/C12H19FS/c1-3-4-5-6-7-10(2)11-8-14-9-12(11)13/h8-10H,3-7H2,1-2H3. The molecule has 1 rings (SSSR count). The Labute approximate surface area is 90.2 Å². The Hall–Kier alpha value is -0.370. The lowest BCUT2D eigenvalue weighted by Gasteiger charge is -2.09. The number of rotatable bonds is 6. The van der Waals surface area contributed by atoms with Crippen molar-refractivity contribution >= 4 is 11.3 Å². The van der Waals surface area contributed by atoms with Crippen LogP contribution in [-0.2, 0) is 0 Å². The molecular formula is C12H19FS. The first-order valence-corrected chi connectivity index (χ1v) is 6.41. The number of hydrogen-bond donors (Lipinski definition) is 0. The van der Waals surface area contributed by atoms with Crippen LogP contribution >= 0.6 is 11.3 Å². The average molecular weight is 214 g/mol. The third kappa shape index (κ3) is 3.41. The van der Waals surface area contributed by atoms with Crippen LogP contribution in [0.1, 0.15) is 57.4 Å². The highest BCUT2D eigenvalue weighted by atomic mass is 32.1. The molecule has 80 valence electrons. The van der Waals surface area contributed by atoms with E-state index in [1.54, 1.807) is 5.38 Å². The Morgan fingerprint density at radius 3 is 2.64 bits per heavy atom. The van der Waals surface area contributed by atoms with Gasteiger partial charge in [0.05, 0.1) is 0 Å². The minimum absolute atomic E-state index is 0.0157. The van der Waals surface area contributed by atoms with Gasteiger partial charge in [-0.1, -0.05) is 39.5 Å². The fourth-order valence-electron chi connectivity index (χ4n) is 1.68. The van der Waals surface area contributed by atoms with Crippen LogP contribution in [0.4, 0.5) is 4.39 Å². The van der Waals surface area contributed by atoms with Crippen LogP contribution in [0.25, 0.3) is 0 Å². The van der Waals surface area contributed by atoms with E-state index in [2.05, 4.69) is 13.8 Å². The second kappa shape index (κ2) is 6.18. The average Bonchev–Trinajstić information content (AvgIpc) is 2.59. The molecule has 0 aliphatic carbocycles. The van der Waals surface area contributed by atoms with E-state index in [-0.39, 0.29) is 5.82 Å². The van der Waals surface area contributed by atoms with Gasteiger partial charge in [-0.2, -0.15) is 0 Å². The molecule has 1 aromatic rings. The molecule has 0 bridgehead atoms. The number of unbranched alkanes of at least 4 members (excludes halogenated alkanes) is 3. The molecule has 0 N–H and O–H groups in total. The van der Waals surface area contributed by atoms with Crippen molar-refractivity contribution in [1.82, 2.24) is 0 Å². The highest BCUT2D eigenvalue weighted by Gasteiger charge is 2.10. The number of hydrogen-bond acceptors (Lipinski definition) is 1. The third-order valence-electron chi connectivity index (χ3n) is 2.66. The summed E-state index contributed by atoms with van der Waals surface area (Å²) in [6.07, 6.45) is 6.20. The van der Waals surface area contributed by atoms with E-state index in [0.29, 0.717) is 5.92 Å². The molecule has 0 radical (unpaired) electrons. The minimum Gasteiger partial charge on any atom is -0.206 e. The zero-order chi connectivity index (χ0) is 10.4.